The summed E-state index contributed by atoms with van der Waals surface area (Å²) in [5, 5.41) is 19.1. The SMILES string of the molecule is CN(CON(C)[N+](=O)[O-])[N+](=O)[O-]. The van der Waals surface area contributed by atoms with Crippen molar-refractivity contribution in [2.75, 3.05) is 20.8 Å². The Bertz CT molecular complexity index is 164. The van der Waals surface area contributed by atoms with Gasteiger partial charge in [-0.3, -0.25) is 0 Å². The number of nitro groups is 2. The van der Waals surface area contributed by atoms with Crippen LogP contribution >= 0.6 is 0 Å². The summed E-state index contributed by atoms with van der Waals surface area (Å²) in [5.74, 6) is 0. The molecular formula is C3H8N4O5. The van der Waals surface area contributed by atoms with Crippen molar-refractivity contribution in [1.82, 2.24) is 10.2 Å². The van der Waals surface area contributed by atoms with Gasteiger partial charge in [0.2, 0.25) is 6.73 Å². The monoisotopic (exact) mass is 180 g/mol. The Kier molecular flexibility index (Phi) is 3.70. The van der Waals surface area contributed by atoms with Gasteiger partial charge in [0, 0.05) is 5.17 Å². The van der Waals surface area contributed by atoms with E-state index in [1.54, 1.807) is 0 Å². The minimum Gasteiger partial charge on any atom is -0.235 e. The number of hydrogen-bond donors (Lipinski definition) is 0. The third kappa shape index (κ3) is 3.51. The number of rotatable bonds is 5. The summed E-state index contributed by atoms with van der Waals surface area (Å²) >= 11 is 0. The Morgan fingerprint density at radius 1 is 1.25 bits per heavy atom. The highest BCUT2D eigenvalue weighted by Crippen LogP contribution is 1.88. The summed E-state index contributed by atoms with van der Waals surface area (Å²) in [5.41, 5.74) is 0. The van der Waals surface area contributed by atoms with Crippen molar-refractivity contribution in [2.24, 2.45) is 0 Å². The van der Waals surface area contributed by atoms with E-state index in [-0.39, 0.29) is 0 Å². The molecule has 0 N–H and O–H groups in total. The lowest BCUT2D eigenvalue weighted by atomic mass is 11.1. The summed E-state index contributed by atoms with van der Waals surface area (Å²) in [6.07, 6.45) is 0. The molecule has 0 rings (SSSR count). The quantitative estimate of drug-likeness (QED) is 0.307. The van der Waals surface area contributed by atoms with Crippen LogP contribution in [0.5, 0.6) is 0 Å². The fourth-order valence-corrected chi connectivity index (χ4v) is 0.261. The van der Waals surface area contributed by atoms with E-state index in [0.29, 0.717) is 10.2 Å². The Balaban J connectivity index is 3.68. The molecule has 0 aliphatic rings. The molecule has 0 spiro atoms. The van der Waals surface area contributed by atoms with E-state index in [4.69, 9.17) is 0 Å². The average molecular weight is 180 g/mol. The highest BCUT2D eigenvalue weighted by Gasteiger charge is 2.13. The molecule has 0 atom stereocenters. The zero-order valence-electron chi connectivity index (χ0n) is 6.54. The molecule has 0 aromatic carbocycles. The van der Waals surface area contributed by atoms with Crippen LogP contribution in [0, 0.1) is 20.2 Å². The third-order valence-electron chi connectivity index (χ3n) is 0.940. The molecule has 9 heteroatoms. The predicted molar refractivity (Wildman–Crippen MR) is 35.5 cm³/mol. The van der Waals surface area contributed by atoms with E-state index in [0.717, 1.165) is 14.1 Å². The fraction of sp³-hybridized carbons (Fsp3) is 1.00. The smallest absolute Gasteiger partial charge is 0.209 e. The standard InChI is InChI=1S/C3H8N4O5/c1-4(6(8)9)3-12-5(2)7(10)11/h3H2,1-2H3. The molecular weight excluding hydrogens is 172 g/mol. The van der Waals surface area contributed by atoms with Crippen LogP contribution in [0.25, 0.3) is 0 Å². The summed E-state index contributed by atoms with van der Waals surface area (Å²) < 4.78 is 0. The topological polar surface area (TPSA) is 102 Å². The first-order valence-electron chi connectivity index (χ1n) is 2.81. The molecule has 70 valence electrons. The van der Waals surface area contributed by atoms with Crippen molar-refractivity contribution in [3.05, 3.63) is 20.2 Å². The minimum atomic E-state index is -0.839. The van der Waals surface area contributed by atoms with Gasteiger partial charge in [-0.15, -0.1) is 5.01 Å². The predicted octanol–water partition coefficient (Wildman–Crippen LogP) is -0.877. The summed E-state index contributed by atoms with van der Waals surface area (Å²) in [6.45, 7) is -0.482. The molecule has 0 amide bonds. The van der Waals surface area contributed by atoms with Crippen LogP contribution in [0.3, 0.4) is 0 Å². The third-order valence-corrected chi connectivity index (χ3v) is 0.940. The summed E-state index contributed by atoms with van der Waals surface area (Å²) in [7, 11) is 2.17. The lowest BCUT2D eigenvalue weighted by molar-refractivity contribution is -0.744. The van der Waals surface area contributed by atoms with Crippen molar-refractivity contribution in [2.45, 2.75) is 0 Å². The van der Waals surface area contributed by atoms with Gasteiger partial charge < -0.3 is 0 Å². The maximum absolute atomic E-state index is 9.94. The van der Waals surface area contributed by atoms with Crippen LogP contribution in [0.1, 0.15) is 0 Å². The molecule has 0 saturated heterocycles. The van der Waals surface area contributed by atoms with Gasteiger partial charge in [-0.05, 0) is 0 Å². The molecule has 0 saturated carbocycles. The average Bonchev–Trinajstić information content (AvgIpc) is 1.98. The van der Waals surface area contributed by atoms with Crippen LogP contribution in [-0.4, -0.2) is 41.1 Å². The summed E-state index contributed by atoms with van der Waals surface area (Å²) in [6, 6.07) is 0. The Morgan fingerprint density at radius 2 is 1.75 bits per heavy atom. The van der Waals surface area contributed by atoms with Crippen molar-refractivity contribution in [1.29, 1.82) is 0 Å². The van der Waals surface area contributed by atoms with E-state index in [1.807, 2.05) is 0 Å². The van der Waals surface area contributed by atoms with Crippen LogP contribution < -0.4 is 0 Å². The van der Waals surface area contributed by atoms with Crippen molar-refractivity contribution >= 4 is 0 Å². The second-order valence-corrected chi connectivity index (χ2v) is 1.86. The molecule has 0 bridgehead atoms. The zero-order chi connectivity index (χ0) is 9.72. The highest BCUT2D eigenvalue weighted by atomic mass is 16.8. The zero-order valence-corrected chi connectivity index (χ0v) is 6.54. The van der Waals surface area contributed by atoms with Gasteiger partial charge in [-0.1, -0.05) is 0 Å². The van der Waals surface area contributed by atoms with Crippen LogP contribution in [0.15, 0.2) is 0 Å². The molecule has 0 unspecified atom stereocenters. The molecule has 0 aromatic rings. The normalized spacial score (nSPS) is 9.17. The molecule has 0 aliphatic carbocycles. The first-order chi connectivity index (χ1) is 5.45. The van der Waals surface area contributed by atoms with Gasteiger partial charge in [-0.2, -0.15) is 4.84 Å². The van der Waals surface area contributed by atoms with Gasteiger partial charge in [0.15, 0.2) is 10.1 Å². The fourth-order valence-electron chi connectivity index (χ4n) is 0.261. The van der Waals surface area contributed by atoms with Crippen LogP contribution in [0.2, 0.25) is 0 Å². The largest absolute Gasteiger partial charge is 0.235 e. The molecule has 0 aliphatic heterocycles. The second kappa shape index (κ2) is 4.28. The van der Waals surface area contributed by atoms with Crippen molar-refractivity contribution in [3.8, 4) is 0 Å². The van der Waals surface area contributed by atoms with Gasteiger partial charge in [0.1, 0.15) is 0 Å². The number of hydroxylamine groups is 1. The van der Waals surface area contributed by atoms with Crippen molar-refractivity contribution in [3.63, 3.8) is 0 Å². The Hall–Kier alpha value is -1.64. The lowest BCUT2D eigenvalue weighted by Crippen LogP contribution is -2.34. The molecule has 0 fully saturated rings. The van der Waals surface area contributed by atoms with Crippen molar-refractivity contribution < 1.29 is 14.9 Å². The molecule has 0 heterocycles. The van der Waals surface area contributed by atoms with Crippen LogP contribution in [-0.2, 0) is 4.84 Å². The molecule has 0 radical (unpaired) electrons. The van der Waals surface area contributed by atoms with E-state index < -0.39 is 16.8 Å². The first kappa shape index (κ1) is 10.4. The maximum Gasteiger partial charge on any atom is 0.209 e. The minimum absolute atomic E-state index is 0.292. The molecule has 0 aromatic heterocycles. The van der Waals surface area contributed by atoms with Gasteiger partial charge in [0.05, 0.1) is 14.1 Å². The Labute approximate surface area is 67.3 Å². The van der Waals surface area contributed by atoms with E-state index in [2.05, 4.69) is 4.84 Å². The highest BCUT2D eigenvalue weighted by molar-refractivity contribution is 4.15. The van der Waals surface area contributed by atoms with Gasteiger partial charge in [0.25, 0.3) is 0 Å². The number of hydrogen-bond acceptors (Lipinski definition) is 5. The Morgan fingerprint density at radius 3 is 2.08 bits per heavy atom. The number of hydrazine groups is 2. The van der Waals surface area contributed by atoms with E-state index in [1.165, 1.54) is 0 Å². The second-order valence-electron chi connectivity index (χ2n) is 1.86. The maximum atomic E-state index is 9.94. The molecule has 12 heavy (non-hydrogen) atoms. The van der Waals surface area contributed by atoms with E-state index in [9.17, 15) is 20.2 Å². The van der Waals surface area contributed by atoms with Gasteiger partial charge >= 0.3 is 0 Å². The molecule has 9 nitrogen and oxygen atoms in total. The van der Waals surface area contributed by atoms with Crippen LogP contribution in [0.4, 0.5) is 0 Å². The number of nitrogens with zero attached hydrogens (tertiary/aromatic N) is 4. The first-order valence-corrected chi connectivity index (χ1v) is 2.81. The van der Waals surface area contributed by atoms with Gasteiger partial charge in [-0.25, -0.2) is 20.2 Å². The lowest BCUT2D eigenvalue weighted by Gasteiger charge is -2.10. The summed E-state index contributed by atoms with van der Waals surface area (Å²) in [4.78, 5) is 24.2. The van der Waals surface area contributed by atoms with E-state index >= 15 is 0 Å².